The van der Waals surface area contributed by atoms with Crippen molar-refractivity contribution in [2.24, 2.45) is 0 Å². The SMILES string of the molecule is CC1=CC=C(N(C)S(=O)(=O)c2ccccc2)CC1. The first-order valence-corrected chi connectivity index (χ1v) is 7.36. The molecule has 1 aliphatic rings. The summed E-state index contributed by atoms with van der Waals surface area (Å²) in [4.78, 5) is 0.333. The normalized spacial score (nSPS) is 15.9. The van der Waals surface area contributed by atoms with E-state index in [9.17, 15) is 8.42 Å². The van der Waals surface area contributed by atoms with Crippen molar-refractivity contribution in [2.75, 3.05) is 7.05 Å². The number of allylic oxidation sites excluding steroid dienone is 4. The van der Waals surface area contributed by atoms with E-state index in [1.165, 1.54) is 9.88 Å². The third-order valence-corrected chi connectivity index (χ3v) is 4.97. The van der Waals surface area contributed by atoms with Crippen molar-refractivity contribution in [3.63, 3.8) is 0 Å². The lowest BCUT2D eigenvalue weighted by atomic mass is 10.0. The Balaban J connectivity index is 2.32. The average molecular weight is 263 g/mol. The highest BCUT2D eigenvalue weighted by atomic mass is 32.2. The van der Waals surface area contributed by atoms with E-state index in [0.717, 1.165) is 18.5 Å². The van der Waals surface area contributed by atoms with E-state index in [0.29, 0.717) is 4.90 Å². The molecule has 1 aliphatic carbocycles. The predicted octanol–water partition coefficient (Wildman–Crippen LogP) is 2.93. The molecule has 96 valence electrons. The van der Waals surface area contributed by atoms with E-state index in [4.69, 9.17) is 0 Å². The number of benzene rings is 1. The molecular weight excluding hydrogens is 246 g/mol. The zero-order chi connectivity index (χ0) is 13.2. The van der Waals surface area contributed by atoms with Gasteiger partial charge in [0.1, 0.15) is 0 Å². The van der Waals surface area contributed by atoms with Crippen LogP contribution in [0.15, 0.2) is 58.6 Å². The van der Waals surface area contributed by atoms with Gasteiger partial charge < -0.3 is 0 Å². The lowest BCUT2D eigenvalue weighted by Crippen LogP contribution is -2.27. The van der Waals surface area contributed by atoms with Gasteiger partial charge in [0.15, 0.2) is 0 Å². The number of hydrogen-bond donors (Lipinski definition) is 0. The van der Waals surface area contributed by atoms with Crippen molar-refractivity contribution in [3.8, 4) is 0 Å². The molecule has 0 radical (unpaired) electrons. The lowest BCUT2D eigenvalue weighted by molar-refractivity contribution is 0.510. The fraction of sp³-hybridized carbons (Fsp3) is 0.286. The van der Waals surface area contributed by atoms with Crippen molar-refractivity contribution in [1.82, 2.24) is 4.31 Å². The molecule has 0 atom stereocenters. The zero-order valence-corrected chi connectivity index (χ0v) is 11.4. The van der Waals surface area contributed by atoms with Crippen molar-refractivity contribution < 1.29 is 8.42 Å². The molecule has 2 rings (SSSR count). The third kappa shape index (κ3) is 2.48. The van der Waals surface area contributed by atoms with Gasteiger partial charge in [0.25, 0.3) is 10.0 Å². The summed E-state index contributed by atoms with van der Waals surface area (Å²) < 4.78 is 26.1. The summed E-state index contributed by atoms with van der Waals surface area (Å²) >= 11 is 0. The molecule has 4 heteroatoms. The molecule has 0 fully saturated rings. The van der Waals surface area contributed by atoms with E-state index in [2.05, 4.69) is 6.92 Å². The smallest absolute Gasteiger partial charge is 0.263 e. The molecule has 0 N–H and O–H groups in total. The topological polar surface area (TPSA) is 37.4 Å². The van der Waals surface area contributed by atoms with E-state index < -0.39 is 10.0 Å². The summed E-state index contributed by atoms with van der Waals surface area (Å²) in [5.41, 5.74) is 2.12. The minimum absolute atomic E-state index is 0.333. The van der Waals surface area contributed by atoms with Gasteiger partial charge in [-0.15, -0.1) is 0 Å². The highest BCUT2D eigenvalue weighted by Gasteiger charge is 2.22. The van der Waals surface area contributed by atoms with Crippen LogP contribution in [-0.4, -0.2) is 19.8 Å². The van der Waals surface area contributed by atoms with Gasteiger partial charge in [0.05, 0.1) is 4.90 Å². The Kier molecular flexibility index (Phi) is 3.57. The monoisotopic (exact) mass is 263 g/mol. The maximum atomic E-state index is 12.4. The number of hydrogen-bond acceptors (Lipinski definition) is 2. The Hall–Kier alpha value is -1.55. The van der Waals surface area contributed by atoms with Crippen LogP contribution >= 0.6 is 0 Å². The minimum Gasteiger partial charge on any atom is -0.273 e. The van der Waals surface area contributed by atoms with Crippen LogP contribution in [0.4, 0.5) is 0 Å². The molecule has 0 saturated heterocycles. The first-order valence-electron chi connectivity index (χ1n) is 5.92. The Morgan fingerprint density at radius 1 is 1.06 bits per heavy atom. The minimum atomic E-state index is -3.42. The zero-order valence-electron chi connectivity index (χ0n) is 10.6. The molecule has 0 spiro atoms. The standard InChI is InChI=1S/C14H17NO2S/c1-12-8-10-13(11-9-12)15(2)18(16,17)14-6-4-3-5-7-14/h3-8,10H,9,11H2,1-2H3. The Bertz CT molecular complexity index is 585. The van der Waals surface area contributed by atoms with Gasteiger partial charge in [-0.05, 0) is 38.0 Å². The van der Waals surface area contributed by atoms with Gasteiger partial charge in [-0.3, -0.25) is 4.31 Å². The Morgan fingerprint density at radius 2 is 1.72 bits per heavy atom. The van der Waals surface area contributed by atoms with Crippen LogP contribution in [0.1, 0.15) is 19.8 Å². The van der Waals surface area contributed by atoms with Crippen LogP contribution < -0.4 is 0 Å². The van der Waals surface area contributed by atoms with Gasteiger partial charge in [-0.2, -0.15) is 0 Å². The van der Waals surface area contributed by atoms with Crippen LogP contribution in [0.2, 0.25) is 0 Å². The maximum absolute atomic E-state index is 12.4. The Morgan fingerprint density at radius 3 is 2.28 bits per heavy atom. The summed E-state index contributed by atoms with van der Waals surface area (Å²) in [6.07, 6.45) is 5.56. The van der Waals surface area contributed by atoms with Crippen molar-refractivity contribution in [3.05, 3.63) is 53.8 Å². The van der Waals surface area contributed by atoms with Crippen LogP contribution in [0, 0.1) is 0 Å². The number of rotatable bonds is 3. The van der Waals surface area contributed by atoms with E-state index in [1.54, 1.807) is 31.3 Å². The maximum Gasteiger partial charge on any atom is 0.263 e. The van der Waals surface area contributed by atoms with Gasteiger partial charge in [-0.1, -0.05) is 29.8 Å². The third-order valence-electron chi connectivity index (χ3n) is 3.14. The summed E-state index contributed by atoms with van der Waals surface area (Å²) in [6, 6.07) is 8.53. The lowest BCUT2D eigenvalue weighted by Gasteiger charge is -2.24. The second kappa shape index (κ2) is 4.98. The van der Waals surface area contributed by atoms with Crippen molar-refractivity contribution in [2.45, 2.75) is 24.7 Å². The average Bonchev–Trinajstić information content (AvgIpc) is 2.40. The molecular formula is C14H17NO2S. The molecule has 0 unspecified atom stereocenters. The molecule has 0 aliphatic heterocycles. The summed E-state index contributed by atoms with van der Waals surface area (Å²) in [5, 5.41) is 0. The number of nitrogens with zero attached hydrogens (tertiary/aromatic N) is 1. The molecule has 1 aromatic carbocycles. The quantitative estimate of drug-likeness (QED) is 0.841. The first kappa shape index (κ1) is 12.9. The van der Waals surface area contributed by atoms with Crippen molar-refractivity contribution >= 4 is 10.0 Å². The predicted molar refractivity (Wildman–Crippen MR) is 72.5 cm³/mol. The van der Waals surface area contributed by atoms with Crippen molar-refractivity contribution in [1.29, 1.82) is 0 Å². The van der Waals surface area contributed by atoms with Crippen LogP contribution in [0.3, 0.4) is 0 Å². The molecule has 0 bridgehead atoms. The highest BCUT2D eigenvalue weighted by molar-refractivity contribution is 7.89. The molecule has 3 nitrogen and oxygen atoms in total. The van der Waals surface area contributed by atoms with Gasteiger partial charge >= 0.3 is 0 Å². The van der Waals surface area contributed by atoms with Gasteiger partial charge in [-0.25, -0.2) is 8.42 Å². The Labute approximate surface area is 108 Å². The van der Waals surface area contributed by atoms with E-state index in [-0.39, 0.29) is 0 Å². The van der Waals surface area contributed by atoms with Gasteiger partial charge in [0.2, 0.25) is 0 Å². The van der Waals surface area contributed by atoms with Gasteiger partial charge in [0, 0.05) is 12.7 Å². The molecule has 0 aromatic heterocycles. The van der Waals surface area contributed by atoms with Crippen LogP contribution in [0.25, 0.3) is 0 Å². The molecule has 0 heterocycles. The van der Waals surface area contributed by atoms with E-state index in [1.807, 2.05) is 18.2 Å². The summed E-state index contributed by atoms with van der Waals surface area (Å²) in [6.45, 7) is 2.05. The van der Waals surface area contributed by atoms with Crippen LogP contribution in [-0.2, 0) is 10.0 Å². The fourth-order valence-corrected chi connectivity index (χ4v) is 3.18. The summed E-state index contributed by atoms with van der Waals surface area (Å²) in [7, 11) is -1.81. The highest BCUT2D eigenvalue weighted by Crippen LogP contribution is 2.25. The number of sulfonamides is 1. The molecule has 18 heavy (non-hydrogen) atoms. The van der Waals surface area contributed by atoms with E-state index >= 15 is 0 Å². The summed E-state index contributed by atoms with van der Waals surface area (Å²) in [5.74, 6) is 0. The second-order valence-electron chi connectivity index (χ2n) is 4.46. The van der Waals surface area contributed by atoms with Crippen LogP contribution in [0.5, 0.6) is 0 Å². The molecule has 1 aromatic rings. The molecule has 0 saturated carbocycles. The first-order chi connectivity index (χ1) is 8.51. The second-order valence-corrected chi connectivity index (χ2v) is 6.43. The molecule has 0 amide bonds. The largest absolute Gasteiger partial charge is 0.273 e. The fourth-order valence-electron chi connectivity index (χ4n) is 1.90.